The number of aliphatic hydroxyl groups excluding tert-OH is 27. The van der Waals surface area contributed by atoms with Gasteiger partial charge in [-0.25, -0.2) is 22.5 Å². The van der Waals surface area contributed by atoms with E-state index in [1.165, 1.54) is 14.2 Å². The summed E-state index contributed by atoms with van der Waals surface area (Å²) in [7, 11) is -2.28. The van der Waals surface area contributed by atoms with Gasteiger partial charge in [-0.2, -0.15) is 0 Å². The Labute approximate surface area is 448 Å². The zero-order chi connectivity index (χ0) is 62.5. The van der Waals surface area contributed by atoms with Crippen molar-refractivity contribution >= 4 is 14.0 Å². The molecule has 478 valence electrons. The third-order valence-corrected chi connectivity index (χ3v) is 13.8. The molecule has 5 rings (SSSR count). The topological polar surface area (TPSA) is 676 Å². The summed E-state index contributed by atoms with van der Waals surface area (Å²) in [5, 5.41) is 255. The first-order chi connectivity index (χ1) is 36.7. The van der Waals surface area contributed by atoms with Gasteiger partial charge in [0.15, 0.2) is 18.4 Å². The molecule has 80 heavy (non-hydrogen) atoms. The minimum absolute atomic E-state index is 0.335. The van der Waals surface area contributed by atoms with E-state index in [-0.39, 0.29) is 6.61 Å². The maximum absolute atomic E-state index is 13.0. The van der Waals surface area contributed by atoms with Gasteiger partial charge in [-0.1, -0.05) is 0 Å². The lowest BCUT2D eigenvalue weighted by molar-refractivity contribution is -0.314. The Morgan fingerprint density at radius 1 is 0.438 bits per heavy atom. The molecule has 5 fully saturated rings. The highest BCUT2D eigenvalue weighted by molar-refractivity contribution is 7.47. The van der Waals surface area contributed by atoms with Crippen molar-refractivity contribution in [3.8, 4) is 0 Å². The third kappa shape index (κ3) is 19.0. The summed E-state index contributed by atoms with van der Waals surface area (Å²) < 4.78 is 77.8. The molecule has 0 spiro atoms. The highest BCUT2D eigenvalue weighted by atomic mass is 31.2. The zero-order valence-corrected chi connectivity index (χ0v) is 42.4. The van der Waals surface area contributed by atoms with E-state index < -0.39 is 229 Å². The monoisotopic (exact) mass is 1220 g/mol. The van der Waals surface area contributed by atoms with Crippen LogP contribution in [-0.2, 0) is 32.6 Å². The molecule has 0 saturated heterocycles. The van der Waals surface area contributed by atoms with Gasteiger partial charge in [-0.3, -0.25) is 9.05 Å². The van der Waals surface area contributed by atoms with E-state index in [1.54, 1.807) is 0 Å². The fourth-order valence-corrected chi connectivity index (χ4v) is 8.29. The van der Waals surface area contributed by atoms with Crippen LogP contribution in [0, 0.1) is 0 Å². The summed E-state index contributed by atoms with van der Waals surface area (Å²) in [6.45, 7) is -1.75. The molecule has 0 aliphatic heterocycles. The molecule has 29 N–H and O–H groups in total. The number of phosphoric acid groups is 1. The van der Waals surface area contributed by atoms with Crippen LogP contribution in [0.15, 0.2) is 0 Å². The van der Waals surface area contributed by atoms with Crippen LogP contribution in [0.3, 0.4) is 0 Å². The summed E-state index contributed by atoms with van der Waals surface area (Å²) in [4.78, 5) is 20.9. The first-order valence-electron chi connectivity index (χ1n) is 23.2. The van der Waals surface area contributed by atoms with Gasteiger partial charge in [0, 0.05) is 14.2 Å². The number of hydrogen-bond donors (Lipinski definition) is 29. The van der Waals surface area contributed by atoms with Crippen molar-refractivity contribution in [2.75, 3.05) is 40.6 Å². The number of carbonyl (C=O) groups is 1. The molecule has 0 aromatic rings. The van der Waals surface area contributed by atoms with E-state index in [0.717, 1.165) is 0 Å². The molecule has 5 aliphatic rings. The lowest BCUT2D eigenvalue weighted by Crippen LogP contribution is -2.68. The number of aliphatic hydroxyl groups is 28. The molecule has 0 aromatic carbocycles. The van der Waals surface area contributed by atoms with Gasteiger partial charge in [0.25, 0.3) is 5.85 Å². The van der Waals surface area contributed by atoms with Crippen molar-refractivity contribution in [3.63, 3.8) is 0 Å². The number of rotatable bonds is 12. The molecular weight excluding hydrogens is 1150 g/mol. The molecule has 0 heterocycles. The minimum Gasteiger partial charge on any atom is -0.431 e. The first kappa shape index (κ1) is 76.0. The lowest BCUT2D eigenvalue weighted by Gasteiger charge is -2.42. The Balaban J connectivity index is 0.000000513. The van der Waals surface area contributed by atoms with Crippen LogP contribution in [0.4, 0.5) is 18.0 Å². The van der Waals surface area contributed by atoms with Crippen molar-refractivity contribution in [2.45, 2.75) is 195 Å². The summed E-state index contributed by atoms with van der Waals surface area (Å²) in [5.41, 5.74) is 0. The SMILES string of the molecule is COC(CO)COC(=O)OC1C(O)[C@@H](O)C(O)[C@H](O)[C@@H]1O.COC(CO)COP(=O)(O)OC1[C@@H](O)[C@@H](O)C(O)[C@H](O)[C@@H]1O.OC1[C@H](O)[C@@H](O)C(O)(F)[C@@H](O)[C@H]1O.OC1[C@H](O)[C@H](O)C(F)[C@H](O)[C@H]1O.OC1[C@H](O)[C@H](O)C(F)[C@H](O)[C@H]1O. The number of phosphoric ester groups is 1. The second kappa shape index (κ2) is 33.0. The van der Waals surface area contributed by atoms with Gasteiger partial charge in [0.1, 0.15) is 178 Å². The van der Waals surface area contributed by atoms with E-state index >= 15 is 0 Å². The fourth-order valence-electron chi connectivity index (χ4n) is 7.32. The lowest BCUT2D eigenvalue weighted by atomic mass is 9.83. The van der Waals surface area contributed by atoms with Crippen molar-refractivity contribution < 1.29 is 198 Å². The van der Waals surface area contributed by atoms with Gasteiger partial charge in [-0.15, -0.1) is 0 Å². The van der Waals surface area contributed by atoms with Crippen LogP contribution < -0.4 is 0 Å². The molecule has 31 atom stereocenters. The molecule has 5 aliphatic carbocycles. The van der Waals surface area contributed by atoms with E-state index in [0.29, 0.717) is 0 Å². The van der Waals surface area contributed by atoms with Crippen molar-refractivity contribution in [2.24, 2.45) is 0 Å². The van der Waals surface area contributed by atoms with Gasteiger partial charge in [0.2, 0.25) is 0 Å². The van der Waals surface area contributed by atoms with Crippen LogP contribution in [0.1, 0.15) is 0 Å². The standard InChI is InChI=1S/C11H20O10.C10H21O11P.C6H11FO6.2C6H11FO5/c1-19-4(2-12)3-20-11(18)21-10-8(16)6(14)5(13)7(15)9(10)17;1-19-4(2-11)3-20-22(17,18)21-10-8(15)6(13)5(12)7(14)9(10)16;7-6(13)4(11)2(9)1(8)3(10)5(6)12;2*7-1-2(8)4(10)6(12)5(11)3(1)9/h4-10,12-17H,2-3H2,1H3;4-16H,2-3H2,1H3,(H,17,18);1-5,8-13H;2*1-6,8-12H/t4?,5?,6-,7-,8-,9?,10?;4?,5?,6-,7-,8-,9-,10?;1?,2-,3-,4-,5+,6?;2*1?,2-,3+,4-,5-,6?/m00011/s1. The minimum atomic E-state index is -4.80. The van der Waals surface area contributed by atoms with Crippen molar-refractivity contribution in [3.05, 3.63) is 0 Å². The number of methoxy groups -OCH3 is 2. The number of halogens is 3. The summed E-state index contributed by atoms with van der Waals surface area (Å²) in [5.74, 6) is -3.53. The average Bonchev–Trinajstić information content (AvgIpc) is 3.43. The number of ether oxygens (including phenoxy) is 4. The Morgan fingerprint density at radius 3 is 0.975 bits per heavy atom. The van der Waals surface area contributed by atoms with E-state index in [9.17, 15) is 78.5 Å². The number of alkyl halides is 3. The maximum atomic E-state index is 13.0. The molecule has 0 bridgehead atoms. The van der Waals surface area contributed by atoms with Crippen LogP contribution in [0.25, 0.3) is 0 Å². The van der Waals surface area contributed by atoms with Crippen molar-refractivity contribution in [1.29, 1.82) is 0 Å². The first-order valence-corrected chi connectivity index (χ1v) is 24.7. The Hall–Kier alpha value is -2.03. The Morgan fingerprint density at radius 2 is 0.688 bits per heavy atom. The van der Waals surface area contributed by atoms with Crippen molar-refractivity contribution in [1.82, 2.24) is 0 Å². The van der Waals surface area contributed by atoms with E-state index in [2.05, 4.69) is 18.5 Å². The quantitative estimate of drug-likeness (QED) is 0.0637. The van der Waals surface area contributed by atoms with Crippen LogP contribution in [-0.4, -0.2) is 390 Å². The van der Waals surface area contributed by atoms with Crippen LogP contribution in [0.2, 0.25) is 0 Å². The normalized spacial score (nSPS) is 47.0. The molecule has 37 nitrogen and oxygen atoms in total. The summed E-state index contributed by atoms with van der Waals surface area (Å²) >= 11 is 0. The summed E-state index contributed by atoms with van der Waals surface area (Å²) in [6, 6.07) is 0. The van der Waals surface area contributed by atoms with E-state index in [4.69, 9.17) is 101 Å². The van der Waals surface area contributed by atoms with Gasteiger partial charge >= 0.3 is 14.0 Å². The molecule has 5 saturated carbocycles. The summed E-state index contributed by atoms with van der Waals surface area (Å²) in [6.07, 6.45) is -58.0. The maximum Gasteiger partial charge on any atom is 0.508 e. The largest absolute Gasteiger partial charge is 0.508 e. The van der Waals surface area contributed by atoms with Crippen LogP contribution >= 0.6 is 7.82 Å². The predicted octanol–water partition coefficient (Wildman–Crippen LogP) is -16.6. The molecule has 0 amide bonds. The second-order valence-electron chi connectivity index (χ2n) is 18.3. The highest BCUT2D eigenvalue weighted by Gasteiger charge is 2.59. The third-order valence-electron chi connectivity index (χ3n) is 12.8. The molecule has 41 heteroatoms. The highest BCUT2D eigenvalue weighted by Crippen LogP contribution is 2.47. The van der Waals surface area contributed by atoms with Crippen LogP contribution in [0.5, 0.6) is 0 Å². The smallest absolute Gasteiger partial charge is 0.431 e. The predicted molar refractivity (Wildman–Crippen MR) is 239 cm³/mol. The average molecular weight is 1220 g/mol. The van der Waals surface area contributed by atoms with E-state index in [1.807, 2.05) is 0 Å². The van der Waals surface area contributed by atoms with Gasteiger partial charge in [-0.05, 0) is 0 Å². The Bertz CT molecular complexity index is 1620. The number of carbonyl (C=O) groups excluding carboxylic acids is 1. The molecule has 0 radical (unpaired) electrons. The Kier molecular flexibility index (Phi) is 31.4. The molecule has 0 aromatic heterocycles. The molecular formula is C39H74F3O37P. The fraction of sp³-hybridized carbons (Fsp3) is 0.974. The zero-order valence-electron chi connectivity index (χ0n) is 41.5. The van der Waals surface area contributed by atoms with Gasteiger partial charge in [0.05, 0.1) is 19.8 Å². The molecule has 12 unspecified atom stereocenters. The van der Waals surface area contributed by atoms with Gasteiger partial charge < -0.3 is 167 Å². The second-order valence-corrected chi connectivity index (χ2v) is 19.8. The number of hydrogen-bond acceptors (Lipinski definition) is 36.